The Balaban J connectivity index is 1.53. The van der Waals surface area contributed by atoms with Crippen molar-refractivity contribution in [2.45, 2.75) is 13.0 Å². The maximum Gasteiger partial charge on any atom is 0.338 e. The van der Waals surface area contributed by atoms with Gasteiger partial charge in [0.2, 0.25) is 0 Å². The molecule has 8 heteroatoms. The minimum absolute atomic E-state index is 0.186. The van der Waals surface area contributed by atoms with E-state index < -0.39 is 12.0 Å². The highest BCUT2D eigenvalue weighted by atomic mass is 35.5. The number of para-hydroxylation sites is 1. The Morgan fingerprint density at radius 1 is 0.932 bits per heavy atom. The molecule has 6 aromatic rings. The molecular weight excluding hydrogens is 590 g/mol. The zero-order chi connectivity index (χ0) is 30.2. The van der Waals surface area contributed by atoms with Gasteiger partial charge < -0.3 is 9.72 Å². The molecule has 0 amide bonds. The van der Waals surface area contributed by atoms with Gasteiger partial charge in [-0.1, -0.05) is 114 Å². The Labute approximate surface area is 261 Å². The van der Waals surface area contributed by atoms with Crippen LogP contribution in [0.3, 0.4) is 0 Å². The second-order valence-electron chi connectivity index (χ2n) is 10.3. The van der Waals surface area contributed by atoms with E-state index in [0.29, 0.717) is 25.6 Å². The van der Waals surface area contributed by atoms with Crippen LogP contribution in [0.5, 0.6) is 0 Å². The van der Waals surface area contributed by atoms with Crippen LogP contribution in [0.15, 0.2) is 125 Å². The number of rotatable bonds is 6. The molecular formula is C36H26ClN3O3S. The average molecular weight is 616 g/mol. The molecule has 0 spiro atoms. The third-order valence-corrected chi connectivity index (χ3v) is 8.88. The number of H-pyrrole nitrogens is 1. The maximum absolute atomic E-state index is 14.4. The first kappa shape index (κ1) is 27.8. The Morgan fingerprint density at radius 2 is 1.59 bits per heavy atom. The molecule has 44 heavy (non-hydrogen) atoms. The van der Waals surface area contributed by atoms with E-state index in [4.69, 9.17) is 21.3 Å². The molecule has 1 atom stereocenters. The molecule has 1 N–H and O–H groups in total. The Kier molecular flexibility index (Phi) is 7.34. The summed E-state index contributed by atoms with van der Waals surface area (Å²) in [5, 5.41) is 1.56. The van der Waals surface area contributed by atoms with Gasteiger partial charge in [0.05, 0.1) is 34.1 Å². The van der Waals surface area contributed by atoms with Crippen molar-refractivity contribution in [3.8, 4) is 11.3 Å². The number of aromatic amines is 1. The van der Waals surface area contributed by atoms with Crippen LogP contribution in [-0.2, 0) is 9.53 Å². The average Bonchev–Trinajstić information content (AvgIpc) is 3.58. The van der Waals surface area contributed by atoms with Gasteiger partial charge in [-0.2, -0.15) is 0 Å². The number of hydrogen-bond donors (Lipinski definition) is 1. The summed E-state index contributed by atoms with van der Waals surface area (Å²) < 4.78 is 7.67. The van der Waals surface area contributed by atoms with Crippen LogP contribution in [0, 0.1) is 0 Å². The number of benzene rings is 4. The predicted molar refractivity (Wildman–Crippen MR) is 176 cm³/mol. The van der Waals surface area contributed by atoms with Gasteiger partial charge in [-0.25, -0.2) is 9.79 Å². The maximum atomic E-state index is 14.4. The molecule has 0 radical (unpaired) electrons. The summed E-state index contributed by atoms with van der Waals surface area (Å²) in [7, 11) is 0. The second kappa shape index (κ2) is 11.6. The molecule has 1 aliphatic heterocycles. The van der Waals surface area contributed by atoms with E-state index in [1.165, 1.54) is 11.3 Å². The topological polar surface area (TPSA) is 76.4 Å². The minimum Gasteiger partial charge on any atom is -0.463 e. The molecule has 7 rings (SSSR count). The van der Waals surface area contributed by atoms with Gasteiger partial charge in [0.1, 0.15) is 0 Å². The Morgan fingerprint density at radius 3 is 2.30 bits per heavy atom. The minimum atomic E-state index is -0.767. The highest BCUT2D eigenvalue weighted by Crippen LogP contribution is 2.36. The van der Waals surface area contributed by atoms with Crippen molar-refractivity contribution in [1.82, 2.24) is 9.55 Å². The molecule has 0 bridgehead atoms. The third kappa shape index (κ3) is 4.90. The number of fused-ring (bicyclic) bond motifs is 2. The predicted octanol–water partition coefficient (Wildman–Crippen LogP) is 6.74. The number of esters is 1. The lowest BCUT2D eigenvalue weighted by Gasteiger charge is -2.25. The zero-order valence-electron chi connectivity index (χ0n) is 23.7. The Hall–Kier alpha value is -4.98. The number of carbonyl (C=O) groups is 1. The number of halogens is 1. The van der Waals surface area contributed by atoms with Crippen molar-refractivity contribution >= 4 is 51.6 Å². The summed E-state index contributed by atoms with van der Waals surface area (Å²) in [5.41, 5.74) is 5.84. The van der Waals surface area contributed by atoms with Crippen LogP contribution in [0.2, 0.25) is 5.02 Å². The molecule has 0 fully saturated rings. The van der Waals surface area contributed by atoms with Crippen LogP contribution in [-0.4, -0.2) is 22.1 Å². The summed E-state index contributed by atoms with van der Waals surface area (Å²) >= 11 is 7.56. The summed E-state index contributed by atoms with van der Waals surface area (Å²) in [6.07, 6.45) is 1.93. The third-order valence-electron chi connectivity index (χ3n) is 7.64. The van der Waals surface area contributed by atoms with Crippen molar-refractivity contribution < 1.29 is 9.53 Å². The SMILES string of the molecule is CCOC(=O)C1=C(c2ccccc2)N=c2s/c(=C/c3c(-c4ccccc4)[nH]c4ccccc34)c(=O)n2[C@@H]1c1ccc(Cl)cc1. The van der Waals surface area contributed by atoms with E-state index in [9.17, 15) is 9.59 Å². The normalized spacial score (nSPS) is 14.9. The number of hydrogen-bond acceptors (Lipinski definition) is 5. The summed E-state index contributed by atoms with van der Waals surface area (Å²) in [4.78, 5) is 37.1. The highest BCUT2D eigenvalue weighted by molar-refractivity contribution is 7.07. The van der Waals surface area contributed by atoms with E-state index >= 15 is 0 Å². The first-order valence-corrected chi connectivity index (χ1v) is 15.4. The van der Waals surface area contributed by atoms with Gasteiger partial charge in [0.15, 0.2) is 4.80 Å². The van der Waals surface area contributed by atoms with Crippen molar-refractivity contribution in [3.63, 3.8) is 0 Å². The van der Waals surface area contributed by atoms with E-state index in [2.05, 4.69) is 4.98 Å². The first-order valence-electron chi connectivity index (χ1n) is 14.2. The molecule has 4 aromatic carbocycles. The van der Waals surface area contributed by atoms with Crippen LogP contribution in [0.1, 0.15) is 29.7 Å². The molecule has 1 aliphatic rings. The summed E-state index contributed by atoms with van der Waals surface area (Å²) in [5.74, 6) is -0.521. The molecule has 216 valence electrons. The molecule has 3 heterocycles. The van der Waals surface area contributed by atoms with Crippen LogP contribution in [0.4, 0.5) is 0 Å². The molecule has 0 saturated heterocycles. The van der Waals surface area contributed by atoms with Gasteiger partial charge in [0.25, 0.3) is 5.56 Å². The molecule has 2 aromatic heterocycles. The lowest BCUT2D eigenvalue weighted by Crippen LogP contribution is -2.40. The van der Waals surface area contributed by atoms with Crippen molar-refractivity contribution in [2.75, 3.05) is 6.61 Å². The number of carbonyl (C=O) groups excluding carboxylic acids is 1. The lowest BCUT2D eigenvalue weighted by molar-refractivity contribution is -0.138. The van der Waals surface area contributed by atoms with E-state index in [1.807, 2.05) is 103 Å². The van der Waals surface area contributed by atoms with Crippen LogP contribution in [0.25, 0.3) is 33.9 Å². The van der Waals surface area contributed by atoms with E-state index in [0.717, 1.165) is 38.9 Å². The first-order chi connectivity index (χ1) is 21.5. The number of aromatic nitrogens is 2. The van der Waals surface area contributed by atoms with Crippen LogP contribution < -0.4 is 14.9 Å². The number of nitrogens with one attached hydrogen (secondary N) is 1. The number of nitrogens with zero attached hydrogens (tertiary/aromatic N) is 2. The van der Waals surface area contributed by atoms with Crippen molar-refractivity contribution in [3.05, 3.63) is 156 Å². The summed E-state index contributed by atoms with van der Waals surface area (Å²) in [6, 6.07) is 34.0. The molecule has 0 saturated carbocycles. The van der Waals surface area contributed by atoms with E-state index in [1.54, 1.807) is 23.6 Å². The molecule has 0 unspecified atom stereocenters. The summed E-state index contributed by atoms with van der Waals surface area (Å²) in [6.45, 7) is 1.95. The molecule has 6 nitrogen and oxygen atoms in total. The zero-order valence-corrected chi connectivity index (χ0v) is 25.2. The van der Waals surface area contributed by atoms with Gasteiger partial charge in [-0.3, -0.25) is 9.36 Å². The van der Waals surface area contributed by atoms with Crippen molar-refractivity contribution in [1.29, 1.82) is 0 Å². The largest absolute Gasteiger partial charge is 0.463 e. The Bertz CT molecular complexity index is 2230. The van der Waals surface area contributed by atoms with Gasteiger partial charge >= 0.3 is 5.97 Å². The van der Waals surface area contributed by atoms with Gasteiger partial charge in [-0.05, 0) is 42.3 Å². The fourth-order valence-electron chi connectivity index (χ4n) is 5.68. The smallest absolute Gasteiger partial charge is 0.338 e. The quantitative estimate of drug-likeness (QED) is 0.211. The number of thiazole rings is 1. The van der Waals surface area contributed by atoms with Gasteiger partial charge in [0, 0.05) is 27.1 Å². The lowest BCUT2D eigenvalue weighted by atomic mass is 9.93. The van der Waals surface area contributed by atoms with E-state index in [-0.39, 0.29) is 12.2 Å². The monoisotopic (exact) mass is 615 g/mol. The highest BCUT2D eigenvalue weighted by Gasteiger charge is 2.35. The molecule has 0 aliphatic carbocycles. The standard InChI is InChI=1S/C36H26ClN3O3S/c1-2-43-35(42)30-32(23-13-7-4-8-14-23)39-36-40(33(30)24-17-19-25(37)20-18-24)34(41)29(44-36)21-27-26-15-9-10-16-28(26)38-31(27)22-11-5-3-6-12-22/h3-21,33,38H,2H2,1H3/b29-21+/t33-/m1/s1. The van der Waals surface area contributed by atoms with Gasteiger partial charge in [-0.15, -0.1) is 0 Å². The van der Waals surface area contributed by atoms with Crippen LogP contribution >= 0.6 is 22.9 Å². The second-order valence-corrected chi connectivity index (χ2v) is 11.8. The van der Waals surface area contributed by atoms with Crippen molar-refractivity contribution in [2.24, 2.45) is 4.99 Å². The fourth-order valence-corrected chi connectivity index (χ4v) is 6.79. The number of ether oxygens (including phenoxy) is 1. The fraction of sp³-hybridized carbons (Fsp3) is 0.0833.